The van der Waals surface area contributed by atoms with Gasteiger partial charge in [-0.1, -0.05) is 6.07 Å². The molecule has 4 nitrogen and oxygen atoms in total. The van der Waals surface area contributed by atoms with Gasteiger partial charge in [0, 0.05) is 17.2 Å². The number of fused-ring (bicyclic) bond motifs is 1. The molecule has 3 rings (SSSR count). The molecule has 1 aliphatic carbocycles. The highest BCUT2D eigenvalue weighted by Gasteiger charge is 2.70. The van der Waals surface area contributed by atoms with E-state index in [1.165, 1.54) is 18.2 Å². The number of nitriles is 1. The second kappa shape index (κ2) is 5.72. The number of carbonyl (C=O) groups is 1. The highest BCUT2D eigenvalue weighted by atomic mass is 19.3. The number of alkyl halides is 6. The van der Waals surface area contributed by atoms with Crippen molar-refractivity contribution in [3.05, 3.63) is 52.7 Å². The molecule has 0 fully saturated rings. The maximum absolute atomic E-state index is 13.8. The number of pyridine rings is 1. The fourth-order valence-electron chi connectivity index (χ4n) is 2.53. The number of carbonyl (C=O) groups excluding carboxylic acids is 1. The molecule has 0 unspecified atom stereocenters. The average Bonchev–Trinajstić information content (AvgIpc) is 2.72. The van der Waals surface area contributed by atoms with Crippen molar-refractivity contribution in [1.82, 2.24) is 4.98 Å². The second-order valence-corrected chi connectivity index (χ2v) is 5.25. The molecule has 0 amide bonds. The fraction of sp³-hybridized carbons (Fsp3) is 0.188. The average molecular weight is 372 g/mol. The predicted molar refractivity (Wildman–Crippen MR) is 73.6 cm³/mol. The number of hydrogen-bond acceptors (Lipinski definition) is 4. The van der Waals surface area contributed by atoms with E-state index in [0.29, 0.717) is 12.1 Å². The van der Waals surface area contributed by atoms with Crippen LogP contribution in [0.2, 0.25) is 0 Å². The molecule has 1 aliphatic rings. The predicted octanol–water partition coefficient (Wildman–Crippen LogP) is 4.61. The Hall–Kier alpha value is -3.09. The van der Waals surface area contributed by atoms with Gasteiger partial charge in [-0.05, 0) is 18.2 Å². The lowest BCUT2D eigenvalue weighted by Crippen LogP contribution is -2.38. The molecule has 0 saturated carbocycles. The van der Waals surface area contributed by atoms with Crippen LogP contribution >= 0.6 is 0 Å². The molecular weight excluding hydrogens is 366 g/mol. The Morgan fingerprint density at radius 3 is 2.38 bits per heavy atom. The van der Waals surface area contributed by atoms with Crippen molar-refractivity contribution in [2.75, 3.05) is 0 Å². The van der Waals surface area contributed by atoms with Crippen LogP contribution in [-0.4, -0.2) is 16.7 Å². The van der Waals surface area contributed by atoms with E-state index in [0.717, 1.165) is 0 Å². The van der Waals surface area contributed by atoms with E-state index in [-0.39, 0.29) is 11.6 Å². The first-order valence-corrected chi connectivity index (χ1v) is 6.92. The van der Waals surface area contributed by atoms with Gasteiger partial charge in [0.25, 0.3) is 6.43 Å². The van der Waals surface area contributed by atoms with Crippen LogP contribution in [0, 0.1) is 11.3 Å². The third kappa shape index (κ3) is 2.39. The molecule has 0 atom stereocenters. The van der Waals surface area contributed by atoms with Crippen molar-refractivity contribution in [2.45, 2.75) is 18.3 Å². The van der Waals surface area contributed by atoms with Crippen LogP contribution in [0.15, 0.2) is 30.3 Å². The van der Waals surface area contributed by atoms with Crippen molar-refractivity contribution in [1.29, 1.82) is 5.26 Å². The van der Waals surface area contributed by atoms with E-state index < -0.39 is 46.5 Å². The number of Topliss-reactive ketones (excluding diaryl/α,β-unsaturated/α-hetero) is 1. The minimum atomic E-state index is -5.14. The highest BCUT2D eigenvalue weighted by molar-refractivity contribution is 6.08. The van der Waals surface area contributed by atoms with Crippen molar-refractivity contribution < 1.29 is 35.9 Å². The van der Waals surface area contributed by atoms with Gasteiger partial charge in [0.2, 0.25) is 11.7 Å². The third-order valence-electron chi connectivity index (χ3n) is 3.72. The van der Waals surface area contributed by atoms with Crippen molar-refractivity contribution in [2.24, 2.45) is 0 Å². The maximum atomic E-state index is 13.8. The van der Waals surface area contributed by atoms with Crippen molar-refractivity contribution in [3.63, 3.8) is 0 Å². The molecule has 134 valence electrons. The Morgan fingerprint density at radius 2 is 1.77 bits per heavy atom. The Bertz CT molecular complexity index is 952. The van der Waals surface area contributed by atoms with Crippen LogP contribution in [0.4, 0.5) is 26.3 Å². The lowest BCUT2D eigenvalue weighted by Gasteiger charge is -2.17. The van der Waals surface area contributed by atoms with Gasteiger partial charge >= 0.3 is 11.8 Å². The summed E-state index contributed by atoms with van der Waals surface area (Å²) in [7, 11) is 0. The van der Waals surface area contributed by atoms with Crippen LogP contribution in [0.3, 0.4) is 0 Å². The molecule has 26 heavy (non-hydrogen) atoms. The molecule has 0 bridgehead atoms. The Balaban J connectivity index is 2.17. The minimum absolute atomic E-state index is 0.128. The van der Waals surface area contributed by atoms with E-state index >= 15 is 0 Å². The third-order valence-corrected chi connectivity index (χ3v) is 3.72. The number of benzene rings is 1. The summed E-state index contributed by atoms with van der Waals surface area (Å²) in [5.41, 5.74) is -4.47. The van der Waals surface area contributed by atoms with Crippen LogP contribution in [0.5, 0.6) is 11.6 Å². The summed E-state index contributed by atoms with van der Waals surface area (Å²) in [6.07, 6.45) is -3.55. The number of rotatable bonds is 3. The van der Waals surface area contributed by atoms with E-state index in [1.54, 1.807) is 6.07 Å². The van der Waals surface area contributed by atoms with E-state index in [2.05, 4.69) is 4.98 Å². The Kier molecular flexibility index (Phi) is 3.90. The molecule has 1 heterocycles. The smallest absolute Gasteiger partial charge is 0.376 e. The molecular formula is C16H6F6N2O2. The first-order valence-electron chi connectivity index (χ1n) is 6.92. The summed E-state index contributed by atoms with van der Waals surface area (Å²) in [4.78, 5) is 15.3. The zero-order valence-corrected chi connectivity index (χ0v) is 12.4. The summed E-state index contributed by atoms with van der Waals surface area (Å²) in [5.74, 6) is -13.6. The van der Waals surface area contributed by atoms with E-state index in [1.807, 2.05) is 0 Å². The molecule has 2 aromatic rings. The summed E-state index contributed by atoms with van der Waals surface area (Å²) in [5, 5.41) is 8.75. The normalized spacial score (nSPS) is 17.1. The molecule has 0 spiro atoms. The van der Waals surface area contributed by atoms with Crippen molar-refractivity contribution >= 4 is 5.78 Å². The van der Waals surface area contributed by atoms with Crippen molar-refractivity contribution in [3.8, 4) is 17.7 Å². The lowest BCUT2D eigenvalue weighted by molar-refractivity contribution is -0.176. The number of nitrogens with zero attached hydrogens (tertiary/aromatic N) is 2. The van der Waals surface area contributed by atoms with Gasteiger partial charge in [0.15, 0.2) is 0 Å². The number of ether oxygens (including phenoxy) is 1. The number of aromatic nitrogens is 1. The summed E-state index contributed by atoms with van der Waals surface area (Å²) in [6.45, 7) is 0. The molecule has 1 aromatic heterocycles. The summed E-state index contributed by atoms with van der Waals surface area (Å²) in [6, 6.07) is 6.50. The topological polar surface area (TPSA) is 63.0 Å². The molecule has 0 aliphatic heterocycles. The summed E-state index contributed by atoms with van der Waals surface area (Å²) >= 11 is 0. The van der Waals surface area contributed by atoms with Crippen LogP contribution in [0.1, 0.15) is 33.6 Å². The molecule has 0 N–H and O–H groups in total. The van der Waals surface area contributed by atoms with Crippen LogP contribution in [0.25, 0.3) is 0 Å². The Morgan fingerprint density at radius 1 is 1.08 bits per heavy atom. The maximum Gasteiger partial charge on any atom is 0.376 e. The Labute approximate surface area is 141 Å². The minimum Gasteiger partial charge on any atom is -0.438 e. The van der Waals surface area contributed by atoms with Gasteiger partial charge < -0.3 is 4.74 Å². The van der Waals surface area contributed by atoms with Crippen LogP contribution in [-0.2, 0) is 5.92 Å². The SMILES string of the molecule is N#Cc1cccc(Oc2ccc3c(c2C(F)F)C(=O)C(F)(F)C3(F)F)n1. The van der Waals surface area contributed by atoms with Gasteiger partial charge in [0.1, 0.15) is 17.5 Å². The number of hydrogen-bond donors (Lipinski definition) is 0. The first-order chi connectivity index (χ1) is 12.1. The fourth-order valence-corrected chi connectivity index (χ4v) is 2.53. The standard InChI is InChI=1S/C16H6F6N2O2/c17-14(18)12-9(26-10-3-1-2-7(6-23)24-10)5-4-8-11(12)13(25)16(21,22)15(8,19)20/h1-5,14H. The number of halogens is 6. The molecule has 10 heteroatoms. The van der Waals surface area contributed by atoms with Crippen LogP contribution < -0.4 is 4.74 Å². The van der Waals surface area contributed by atoms with Gasteiger partial charge in [-0.25, -0.2) is 13.8 Å². The summed E-state index contributed by atoms with van der Waals surface area (Å²) < 4.78 is 86.5. The quantitative estimate of drug-likeness (QED) is 0.739. The monoisotopic (exact) mass is 372 g/mol. The highest BCUT2D eigenvalue weighted by Crippen LogP contribution is 2.55. The van der Waals surface area contributed by atoms with E-state index in [9.17, 15) is 31.1 Å². The zero-order valence-electron chi connectivity index (χ0n) is 12.4. The second-order valence-electron chi connectivity index (χ2n) is 5.25. The van der Waals surface area contributed by atoms with E-state index in [4.69, 9.17) is 10.00 Å². The zero-order chi connectivity index (χ0) is 19.3. The molecule has 0 radical (unpaired) electrons. The van der Waals surface area contributed by atoms with Gasteiger partial charge in [-0.2, -0.15) is 22.8 Å². The first kappa shape index (κ1) is 17.7. The largest absolute Gasteiger partial charge is 0.438 e. The molecule has 1 aromatic carbocycles. The van der Waals surface area contributed by atoms with Gasteiger partial charge in [0.05, 0.1) is 5.56 Å². The lowest BCUT2D eigenvalue weighted by atomic mass is 10.0. The number of ketones is 1. The molecule has 0 saturated heterocycles. The van der Waals surface area contributed by atoms with Gasteiger partial charge in [-0.3, -0.25) is 4.79 Å². The van der Waals surface area contributed by atoms with Gasteiger partial charge in [-0.15, -0.1) is 0 Å².